The monoisotopic (exact) mass is 231 g/mol. The van der Waals surface area contributed by atoms with E-state index in [-0.39, 0.29) is 5.91 Å². The number of halogens is 1. The van der Waals surface area contributed by atoms with E-state index in [1.807, 2.05) is 0 Å². The van der Waals surface area contributed by atoms with Crippen LogP contribution < -0.4 is 5.32 Å². The first-order valence-corrected chi connectivity index (χ1v) is 5.19. The third-order valence-electron chi connectivity index (χ3n) is 1.98. The number of hydrogen-bond acceptors (Lipinski definition) is 4. The van der Waals surface area contributed by atoms with Crippen LogP contribution in [0.5, 0.6) is 0 Å². The van der Waals surface area contributed by atoms with Gasteiger partial charge in [0.1, 0.15) is 0 Å². The molecule has 0 aliphatic heterocycles. The highest BCUT2D eigenvalue weighted by Gasteiger charge is 2.25. The number of hydrogen-bond donors (Lipinski definition) is 1. The summed E-state index contributed by atoms with van der Waals surface area (Å²) < 4.78 is 4.79. The molecule has 15 heavy (non-hydrogen) atoms. The normalized spacial score (nSPS) is 11.4. The first kappa shape index (κ1) is 12.0. The van der Waals surface area contributed by atoms with Crippen molar-refractivity contribution in [2.24, 2.45) is 5.41 Å². The topological polar surface area (TPSA) is 68.0 Å². The lowest BCUT2D eigenvalue weighted by Crippen LogP contribution is -2.39. The number of carbonyl (C=O) groups excluding carboxylic acids is 1. The molecule has 0 saturated carbocycles. The van der Waals surface area contributed by atoms with E-state index in [0.717, 1.165) is 0 Å². The third kappa shape index (κ3) is 3.51. The first-order valence-electron chi connectivity index (χ1n) is 4.66. The summed E-state index contributed by atoms with van der Waals surface area (Å²) in [5, 5.41) is 6.23. The first-order chi connectivity index (χ1) is 7.06. The lowest BCUT2D eigenvalue weighted by Gasteiger charge is -2.19. The molecule has 0 atom stereocenters. The Morgan fingerprint density at radius 3 is 2.93 bits per heavy atom. The predicted molar refractivity (Wildman–Crippen MR) is 55.5 cm³/mol. The van der Waals surface area contributed by atoms with Crippen LogP contribution in [0.1, 0.15) is 19.7 Å². The predicted octanol–water partition coefficient (Wildman–Crippen LogP) is 0.993. The van der Waals surface area contributed by atoms with Crippen LogP contribution in [-0.4, -0.2) is 28.5 Å². The Labute approximate surface area is 93.2 Å². The van der Waals surface area contributed by atoms with Gasteiger partial charge < -0.3 is 9.84 Å². The zero-order chi connectivity index (χ0) is 11.3. The standard InChI is InChI=1S/C9H14ClN3O2/c1-9(2,5-10)8(14)11-4-3-7-12-6-13-15-7/h6H,3-5H2,1-2H3,(H,11,14). The molecular formula is C9H14ClN3O2. The molecule has 0 aromatic carbocycles. The molecule has 0 aliphatic rings. The smallest absolute Gasteiger partial charge is 0.228 e. The average molecular weight is 232 g/mol. The van der Waals surface area contributed by atoms with Gasteiger partial charge in [-0.25, -0.2) is 0 Å². The van der Waals surface area contributed by atoms with Gasteiger partial charge in [0.05, 0.1) is 5.41 Å². The average Bonchev–Trinajstić information content (AvgIpc) is 2.70. The highest BCUT2D eigenvalue weighted by Crippen LogP contribution is 2.16. The summed E-state index contributed by atoms with van der Waals surface area (Å²) in [6, 6.07) is 0. The molecule has 1 heterocycles. The largest absolute Gasteiger partial charge is 0.355 e. The van der Waals surface area contributed by atoms with Crippen LogP contribution >= 0.6 is 11.6 Å². The lowest BCUT2D eigenvalue weighted by atomic mass is 9.95. The minimum Gasteiger partial charge on any atom is -0.355 e. The summed E-state index contributed by atoms with van der Waals surface area (Å²) >= 11 is 5.66. The molecule has 1 aromatic rings. The Bertz CT molecular complexity index is 311. The van der Waals surface area contributed by atoms with Crippen molar-refractivity contribution in [2.75, 3.05) is 12.4 Å². The van der Waals surface area contributed by atoms with E-state index in [4.69, 9.17) is 16.1 Å². The number of carbonyl (C=O) groups is 1. The summed E-state index contributed by atoms with van der Waals surface area (Å²) in [4.78, 5) is 15.4. The van der Waals surface area contributed by atoms with E-state index in [2.05, 4.69) is 15.5 Å². The summed E-state index contributed by atoms with van der Waals surface area (Å²) in [6.45, 7) is 4.06. The van der Waals surface area contributed by atoms with Gasteiger partial charge >= 0.3 is 0 Å². The summed E-state index contributed by atoms with van der Waals surface area (Å²) in [6.07, 6.45) is 1.87. The Balaban J connectivity index is 2.29. The highest BCUT2D eigenvalue weighted by atomic mass is 35.5. The minimum absolute atomic E-state index is 0.0722. The van der Waals surface area contributed by atoms with Gasteiger partial charge in [-0.1, -0.05) is 5.16 Å². The van der Waals surface area contributed by atoms with Gasteiger partial charge in [0.15, 0.2) is 6.33 Å². The molecule has 0 fully saturated rings. The number of amides is 1. The van der Waals surface area contributed by atoms with E-state index in [9.17, 15) is 4.79 Å². The van der Waals surface area contributed by atoms with Crippen molar-refractivity contribution in [2.45, 2.75) is 20.3 Å². The van der Waals surface area contributed by atoms with E-state index in [1.54, 1.807) is 13.8 Å². The maximum Gasteiger partial charge on any atom is 0.228 e. The Morgan fingerprint density at radius 1 is 1.67 bits per heavy atom. The molecule has 1 amide bonds. The van der Waals surface area contributed by atoms with Gasteiger partial charge in [-0.3, -0.25) is 4.79 Å². The SMILES string of the molecule is CC(C)(CCl)C(=O)NCCc1ncno1. The lowest BCUT2D eigenvalue weighted by molar-refractivity contribution is -0.128. The summed E-state index contributed by atoms with van der Waals surface area (Å²) in [5.74, 6) is 0.732. The van der Waals surface area contributed by atoms with Crippen molar-refractivity contribution >= 4 is 17.5 Å². The highest BCUT2D eigenvalue weighted by molar-refractivity contribution is 6.19. The van der Waals surface area contributed by atoms with E-state index in [1.165, 1.54) is 6.33 Å². The van der Waals surface area contributed by atoms with Gasteiger partial charge in [-0.05, 0) is 13.8 Å². The van der Waals surface area contributed by atoms with Crippen LogP contribution in [0.4, 0.5) is 0 Å². The third-order valence-corrected chi connectivity index (χ3v) is 2.65. The molecule has 5 nitrogen and oxygen atoms in total. The van der Waals surface area contributed by atoms with Crippen molar-refractivity contribution in [1.29, 1.82) is 0 Å². The zero-order valence-corrected chi connectivity index (χ0v) is 9.54. The van der Waals surface area contributed by atoms with Crippen molar-refractivity contribution in [3.8, 4) is 0 Å². The van der Waals surface area contributed by atoms with Crippen LogP contribution in [0.15, 0.2) is 10.9 Å². The van der Waals surface area contributed by atoms with Gasteiger partial charge in [0.2, 0.25) is 11.8 Å². The molecule has 0 spiro atoms. The quantitative estimate of drug-likeness (QED) is 0.768. The van der Waals surface area contributed by atoms with Crippen molar-refractivity contribution in [1.82, 2.24) is 15.5 Å². The fourth-order valence-electron chi connectivity index (χ4n) is 0.889. The second-order valence-electron chi connectivity index (χ2n) is 3.86. The van der Waals surface area contributed by atoms with E-state index < -0.39 is 5.41 Å². The maximum absolute atomic E-state index is 11.6. The van der Waals surface area contributed by atoms with Crippen LogP contribution in [0, 0.1) is 5.41 Å². The van der Waals surface area contributed by atoms with Crippen LogP contribution in [0.25, 0.3) is 0 Å². The van der Waals surface area contributed by atoms with Crippen LogP contribution in [-0.2, 0) is 11.2 Å². The minimum atomic E-state index is -0.545. The summed E-state index contributed by atoms with van der Waals surface area (Å²) in [5.41, 5.74) is -0.545. The molecule has 0 unspecified atom stereocenters. The molecule has 0 bridgehead atoms. The number of nitrogens with zero attached hydrogens (tertiary/aromatic N) is 2. The van der Waals surface area contributed by atoms with E-state index in [0.29, 0.717) is 24.7 Å². The fraction of sp³-hybridized carbons (Fsp3) is 0.667. The second-order valence-corrected chi connectivity index (χ2v) is 4.13. The second kappa shape index (κ2) is 5.11. The molecule has 1 rings (SSSR count). The Hall–Kier alpha value is -1.10. The molecule has 84 valence electrons. The number of nitrogens with one attached hydrogen (secondary N) is 1. The molecule has 0 saturated heterocycles. The maximum atomic E-state index is 11.6. The molecular weight excluding hydrogens is 218 g/mol. The molecule has 1 aromatic heterocycles. The fourth-order valence-corrected chi connectivity index (χ4v) is 1.01. The van der Waals surface area contributed by atoms with Crippen molar-refractivity contribution in [3.05, 3.63) is 12.2 Å². The molecule has 1 N–H and O–H groups in total. The van der Waals surface area contributed by atoms with Gasteiger partial charge in [0.25, 0.3) is 0 Å². The van der Waals surface area contributed by atoms with E-state index >= 15 is 0 Å². The van der Waals surface area contributed by atoms with Gasteiger partial charge in [0, 0.05) is 18.8 Å². The van der Waals surface area contributed by atoms with Gasteiger partial charge in [-0.15, -0.1) is 11.6 Å². The number of rotatable bonds is 5. The van der Waals surface area contributed by atoms with Crippen LogP contribution in [0.2, 0.25) is 0 Å². The molecule has 0 radical (unpaired) electrons. The van der Waals surface area contributed by atoms with Crippen molar-refractivity contribution in [3.63, 3.8) is 0 Å². The number of alkyl halides is 1. The number of aromatic nitrogens is 2. The Kier molecular flexibility index (Phi) is 4.08. The van der Waals surface area contributed by atoms with Gasteiger partial charge in [-0.2, -0.15) is 4.98 Å². The summed E-state index contributed by atoms with van der Waals surface area (Å²) in [7, 11) is 0. The molecule has 6 heteroatoms. The van der Waals surface area contributed by atoms with Crippen LogP contribution in [0.3, 0.4) is 0 Å². The Morgan fingerprint density at radius 2 is 2.40 bits per heavy atom. The zero-order valence-electron chi connectivity index (χ0n) is 8.79. The van der Waals surface area contributed by atoms with Crippen molar-refractivity contribution < 1.29 is 9.32 Å². The molecule has 0 aliphatic carbocycles.